The van der Waals surface area contributed by atoms with Crippen LogP contribution in [0.25, 0.3) is 22.5 Å². The van der Waals surface area contributed by atoms with Crippen LogP contribution in [0.3, 0.4) is 0 Å². The fourth-order valence-electron chi connectivity index (χ4n) is 3.85. The van der Waals surface area contributed by atoms with Gasteiger partial charge in [-0.25, -0.2) is 0 Å². The van der Waals surface area contributed by atoms with Crippen LogP contribution >= 0.6 is 12.6 Å². The van der Waals surface area contributed by atoms with Crippen molar-refractivity contribution >= 4 is 35.7 Å². The minimum Gasteiger partial charge on any atom is -0.398 e. The monoisotopic (exact) mass is 396 g/mol. The third kappa shape index (κ3) is 2.70. The van der Waals surface area contributed by atoms with Gasteiger partial charge in [-0.3, -0.25) is 9.59 Å². The molecule has 0 saturated heterocycles. The van der Waals surface area contributed by atoms with Crippen LogP contribution in [0.1, 0.15) is 21.5 Å². The highest BCUT2D eigenvalue weighted by atomic mass is 32.1. The second kappa shape index (κ2) is 6.50. The molecule has 1 amide bonds. The van der Waals surface area contributed by atoms with Crippen LogP contribution < -0.4 is 11.1 Å². The summed E-state index contributed by atoms with van der Waals surface area (Å²) in [5.41, 5.74) is 11.5. The molecule has 4 nitrogen and oxygen atoms in total. The second-order valence-corrected chi connectivity index (χ2v) is 7.51. The fraction of sp³-hybridized carbons (Fsp3) is 0. The number of hydrogen-bond acceptors (Lipinski definition) is 4. The molecule has 0 spiro atoms. The van der Waals surface area contributed by atoms with Gasteiger partial charge in [-0.1, -0.05) is 54.6 Å². The summed E-state index contributed by atoms with van der Waals surface area (Å²) >= 11 is 4.30. The van der Waals surface area contributed by atoms with E-state index in [1.54, 1.807) is 0 Å². The molecule has 140 valence electrons. The van der Waals surface area contributed by atoms with E-state index in [-0.39, 0.29) is 17.3 Å². The number of carbonyl (C=O) groups is 2. The Morgan fingerprint density at radius 3 is 2.14 bits per heavy atom. The topological polar surface area (TPSA) is 72.2 Å². The Hall–Kier alpha value is -3.57. The average molecular weight is 396 g/mol. The first-order valence-electron chi connectivity index (χ1n) is 9.14. The summed E-state index contributed by atoms with van der Waals surface area (Å²) in [5, 5.41) is 2.83. The number of Topliss-reactive ketones (excluding diaryl/α,β-unsaturated/α-hetero) is 1. The van der Waals surface area contributed by atoms with Crippen molar-refractivity contribution in [1.82, 2.24) is 5.32 Å². The Bertz CT molecular complexity index is 1260. The average Bonchev–Trinajstić information content (AvgIpc) is 3.10. The summed E-state index contributed by atoms with van der Waals surface area (Å²) in [6.07, 6.45) is 0. The van der Waals surface area contributed by atoms with E-state index in [0.717, 1.165) is 21.6 Å². The van der Waals surface area contributed by atoms with Crippen molar-refractivity contribution in [3.8, 4) is 11.1 Å². The number of fused-ring (bicyclic) bond motifs is 2. The van der Waals surface area contributed by atoms with Crippen molar-refractivity contribution in [1.29, 1.82) is 0 Å². The molecule has 0 unspecified atom stereocenters. The zero-order valence-electron chi connectivity index (χ0n) is 15.3. The number of thiol groups is 1. The van der Waals surface area contributed by atoms with Gasteiger partial charge < -0.3 is 11.1 Å². The smallest absolute Gasteiger partial charge is 0.258 e. The predicted molar refractivity (Wildman–Crippen MR) is 116 cm³/mol. The third-order valence-electron chi connectivity index (χ3n) is 5.28. The van der Waals surface area contributed by atoms with Gasteiger partial charge in [0.2, 0.25) is 0 Å². The Balaban J connectivity index is 1.72. The number of ketones is 1. The maximum absolute atomic E-state index is 13.5. The molecule has 3 aromatic rings. The molecule has 1 heterocycles. The first kappa shape index (κ1) is 17.5. The zero-order valence-corrected chi connectivity index (χ0v) is 16.2. The van der Waals surface area contributed by atoms with E-state index in [2.05, 4.69) is 17.9 Å². The summed E-state index contributed by atoms with van der Waals surface area (Å²) in [6.45, 7) is 0. The van der Waals surface area contributed by atoms with Crippen LogP contribution in [0.2, 0.25) is 0 Å². The summed E-state index contributed by atoms with van der Waals surface area (Å²) in [4.78, 5) is 26.9. The first-order valence-corrected chi connectivity index (χ1v) is 9.59. The highest BCUT2D eigenvalue weighted by Gasteiger charge is 2.39. The van der Waals surface area contributed by atoms with Crippen LogP contribution in [-0.4, -0.2) is 11.7 Å². The highest BCUT2D eigenvalue weighted by molar-refractivity contribution is 7.80. The van der Waals surface area contributed by atoms with E-state index in [1.807, 2.05) is 72.8 Å². The number of nitrogens with two attached hydrogens (primary N) is 1. The molecule has 0 aromatic heterocycles. The van der Waals surface area contributed by atoms with E-state index in [4.69, 9.17) is 5.73 Å². The van der Waals surface area contributed by atoms with Crippen molar-refractivity contribution in [3.05, 3.63) is 101 Å². The second-order valence-electron chi connectivity index (χ2n) is 7.00. The normalized spacial score (nSPS) is 15.3. The number of carbonyl (C=O) groups excluding carboxylic acids is 2. The van der Waals surface area contributed by atoms with Crippen LogP contribution in [0.5, 0.6) is 0 Å². The molecule has 5 heteroatoms. The maximum atomic E-state index is 13.5. The van der Waals surface area contributed by atoms with E-state index in [0.29, 0.717) is 28.1 Å². The Labute approximate surface area is 173 Å². The number of hydrogen-bond donors (Lipinski definition) is 3. The van der Waals surface area contributed by atoms with Gasteiger partial charge in [0, 0.05) is 16.0 Å². The molecule has 5 rings (SSSR count). The van der Waals surface area contributed by atoms with E-state index in [1.165, 1.54) is 0 Å². The van der Waals surface area contributed by atoms with Gasteiger partial charge in [-0.05, 0) is 34.9 Å². The number of benzene rings is 3. The SMILES string of the molecule is NC1=C2C(=O)NC(c3ccc(S)cc3)=C2C(=O)c2cc(-c3ccccc3)ccc21. The van der Waals surface area contributed by atoms with Crippen molar-refractivity contribution in [2.24, 2.45) is 5.73 Å². The lowest BCUT2D eigenvalue weighted by Gasteiger charge is -2.19. The van der Waals surface area contributed by atoms with Crippen molar-refractivity contribution in [2.75, 3.05) is 0 Å². The largest absolute Gasteiger partial charge is 0.398 e. The third-order valence-corrected chi connectivity index (χ3v) is 5.58. The van der Waals surface area contributed by atoms with E-state index >= 15 is 0 Å². The number of amides is 1. The summed E-state index contributed by atoms with van der Waals surface area (Å²) in [7, 11) is 0. The van der Waals surface area contributed by atoms with Crippen molar-refractivity contribution in [2.45, 2.75) is 4.90 Å². The van der Waals surface area contributed by atoms with Gasteiger partial charge in [0.05, 0.1) is 22.5 Å². The zero-order chi connectivity index (χ0) is 20.1. The van der Waals surface area contributed by atoms with Crippen LogP contribution in [-0.2, 0) is 4.79 Å². The molecular weight excluding hydrogens is 380 g/mol. The molecule has 1 aliphatic heterocycles. The summed E-state index contributed by atoms with van der Waals surface area (Å²) in [5.74, 6) is -0.557. The van der Waals surface area contributed by atoms with E-state index in [9.17, 15) is 9.59 Å². The number of rotatable bonds is 2. The van der Waals surface area contributed by atoms with Crippen molar-refractivity contribution < 1.29 is 9.59 Å². The Kier molecular flexibility index (Phi) is 3.93. The summed E-state index contributed by atoms with van der Waals surface area (Å²) in [6, 6.07) is 22.7. The Morgan fingerprint density at radius 2 is 1.41 bits per heavy atom. The molecule has 29 heavy (non-hydrogen) atoms. The van der Waals surface area contributed by atoms with Crippen LogP contribution in [0.4, 0.5) is 0 Å². The van der Waals surface area contributed by atoms with Crippen LogP contribution in [0.15, 0.2) is 88.8 Å². The van der Waals surface area contributed by atoms with Gasteiger partial charge in [0.15, 0.2) is 5.78 Å². The molecule has 3 aromatic carbocycles. The number of nitrogens with one attached hydrogen (secondary N) is 1. The molecule has 0 radical (unpaired) electrons. The molecule has 0 saturated carbocycles. The van der Waals surface area contributed by atoms with Crippen molar-refractivity contribution in [3.63, 3.8) is 0 Å². The molecule has 1 aliphatic carbocycles. The van der Waals surface area contributed by atoms with Crippen LogP contribution in [0, 0.1) is 0 Å². The lowest BCUT2D eigenvalue weighted by molar-refractivity contribution is -0.115. The highest BCUT2D eigenvalue weighted by Crippen LogP contribution is 2.40. The lowest BCUT2D eigenvalue weighted by atomic mass is 9.83. The minimum absolute atomic E-state index is 0.203. The minimum atomic E-state index is -0.353. The maximum Gasteiger partial charge on any atom is 0.258 e. The molecule has 2 aliphatic rings. The standard InChI is InChI=1S/C24H16N2O2S/c25-21-17-11-8-15(13-4-2-1-3-5-13)12-18(17)23(27)20-19(21)24(28)26-22(20)14-6-9-16(29)10-7-14/h1-12,29H,25H2,(H,26,28). The lowest BCUT2D eigenvalue weighted by Crippen LogP contribution is -2.22. The quantitative estimate of drug-likeness (QED) is 0.572. The van der Waals surface area contributed by atoms with Gasteiger partial charge >= 0.3 is 0 Å². The Morgan fingerprint density at radius 1 is 0.724 bits per heavy atom. The van der Waals surface area contributed by atoms with Gasteiger partial charge in [0.25, 0.3) is 5.91 Å². The van der Waals surface area contributed by atoms with Gasteiger partial charge in [-0.2, -0.15) is 0 Å². The first-order chi connectivity index (χ1) is 14.0. The molecule has 0 atom stereocenters. The summed E-state index contributed by atoms with van der Waals surface area (Å²) < 4.78 is 0. The van der Waals surface area contributed by atoms with E-state index < -0.39 is 0 Å². The molecule has 0 bridgehead atoms. The fourth-order valence-corrected chi connectivity index (χ4v) is 4.00. The molecule has 0 fully saturated rings. The van der Waals surface area contributed by atoms with Gasteiger partial charge in [0.1, 0.15) is 0 Å². The van der Waals surface area contributed by atoms with Gasteiger partial charge in [-0.15, -0.1) is 12.6 Å². The molecular formula is C24H16N2O2S. The molecule has 3 N–H and O–H groups in total. The predicted octanol–water partition coefficient (Wildman–Crippen LogP) is 4.05.